The van der Waals surface area contributed by atoms with Crippen molar-refractivity contribution in [3.63, 3.8) is 0 Å². The highest BCUT2D eigenvalue weighted by molar-refractivity contribution is 9.11. The lowest BCUT2D eigenvalue weighted by molar-refractivity contribution is -0.141. The molecule has 0 radical (unpaired) electrons. The van der Waals surface area contributed by atoms with Crippen molar-refractivity contribution < 1.29 is 14.7 Å². The highest BCUT2D eigenvalue weighted by atomic mass is 79.9. The van der Waals surface area contributed by atoms with Gasteiger partial charge in [0, 0.05) is 24.0 Å². The van der Waals surface area contributed by atoms with E-state index in [0.29, 0.717) is 19.5 Å². The molecule has 0 aliphatic carbocycles. The maximum atomic E-state index is 11.8. The minimum atomic E-state index is -0.823. The Morgan fingerprint density at radius 3 is 2.83 bits per heavy atom. The minimum Gasteiger partial charge on any atom is -0.481 e. The molecule has 0 spiro atoms. The Kier molecular flexibility index (Phi) is 4.19. The monoisotopic (exact) mass is 329 g/mol. The van der Waals surface area contributed by atoms with Gasteiger partial charge in [-0.2, -0.15) is 0 Å². The molecule has 4 nitrogen and oxygen atoms in total. The van der Waals surface area contributed by atoms with E-state index < -0.39 is 11.9 Å². The van der Waals surface area contributed by atoms with Crippen LogP contribution in [0.25, 0.3) is 6.08 Å². The van der Waals surface area contributed by atoms with Crippen molar-refractivity contribution >= 4 is 45.2 Å². The van der Waals surface area contributed by atoms with Crippen molar-refractivity contribution in [3.05, 3.63) is 26.9 Å². The molecule has 1 atom stereocenters. The molecule has 1 aliphatic rings. The fourth-order valence-electron chi connectivity index (χ4n) is 1.84. The molecule has 1 N–H and O–H groups in total. The SMILES string of the molecule is O=C(O)C1CCN(C(=O)/C=C/c2ccc(Br)s2)C1. The second kappa shape index (κ2) is 5.67. The lowest BCUT2D eigenvalue weighted by atomic mass is 10.1. The van der Waals surface area contributed by atoms with Gasteiger partial charge in [-0.15, -0.1) is 11.3 Å². The average molecular weight is 330 g/mol. The molecule has 1 aliphatic heterocycles. The summed E-state index contributed by atoms with van der Waals surface area (Å²) in [5.74, 6) is -1.36. The first kappa shape index (κ1) is 13.3. The quantitative estimate of drug-likeness (QED) is 0.866. The first-order valence-corrected chi connectivity index (χ1v) is 7.12. The molecule has 18 heavy (non-hydrogen) atoms. The number of hydrogen-bond acceptors (Lipinski definition) is 3. The van der Waals surface area contributed by atoms with Crippen LogP contribution in [-0.4, -0.2) is 35.0 Å². The number of thiophene rings is 1. The zero-order chi connectivity index (χ0) is 13.1. The van der Waals surface area contributed by atoms with Crippen LogP contribution in [0.4, 0.5) is 0 Å². The van der Waals surface area contributed by atoms with Gasteiger partial charge in [-0.25, -0.2) is 0 Å². The van der Waals surface area contributed by atoms with E-state index in [1.165, 1.54) is 6.08 Å². The van der Waals surface area contributed by atoms with Crippen molar-refractivity contribution in [1.82, 2.24) is 4.90 Å². The molecular weight excluding hydrogens is 318 g/mol. The Hall–Kier alpha value is -1.14. The Balaban J connectivity index is 1.93. The Labute approximate surface area is 117 Å². The van der Waals surface area contributed by atoms with Crippen molar-refractivity contribution in [2.75, 3.05) is 13.1 Å². The van der Waals surface area contributed by atoms with Crippen LogP contribution in [-0.2, 0) is 9.59 Å². The molecule has 1 saturated heterocycles. The topological polar surface area (TPSA) is 57.6 Å². The molecule has 6 heteroatoms. The number of carbonyl (C=O) groups is 2. The molecule has 1 unspecified atom stereocenters. The number of carboxylic acids is 1. The van der Waals surface area contributed by atoms with Gasteiger partial charge in [0.15, 0.2) is 0 Å². The van der Waals surface area contributed by atoms with E-state index in [1.807, 2.05) is 12.1 Å². The maximum absolute atomic E-state index is 11.8. The number of nitrogens with zero attached hydrogens (tertiary/aromatic N) is 1. The summed E-state index contributed by atoms with van der Waals surface area (Å²) in [6, 6.07) is 3.84. The molecule has 1 aromatic rings. The highest BCUT2D eigenvalue weighted by Crippen LogP contribution is 2.23. The van der Waals surface area contributed by atoms with E-state index >= 15 is 0 Å². The average Bonchev–Trinajstić information content (AvgIpc) is 2.94. The molecule has 1 amide bonds. The van der Waals surface area contributed by atoms with Gasteiger partial charge in [-0.1, -0.05) is 0 Å². The summed E-state index contributed by atoms with van der Waals surface area (Å²) >= 11 is 4.90. The summed E-state index contributed by atoms with van der Waals surface area (Å²) in [5, 5.41) is 8.86. The van der Waals surface area contributed by atoms with Crippen LogP contribution in [0.1, 0.15) is 11.3 Å². The van der Waals surface area contributed by atoms with Gasteiger partial charge in [-0.3, -0.25) is 9.59 Å². The van der Waals surface area contributed by atoms with Gasteiger partial charge >= 0.3 is 5.97 Å². The van der Waals surface area contributed by atoms with Gasteiger partial charge < -0.3 is 10.0 Å². The van der Waals surface area contributed by atoms with Gasteiger partial charge in [-0.05, 0) is 40.6 Å². The molecule has 2 heterocycles. The number of amides is 1. The maximum Gasteiger partial charge on any atom is 0.308 e. The molecule has 0 aromatic carbocycles. The van der Waals surface area contributed by atoms with Gasteiger partial charge in [0.05, 0.1) is 9.70 Å². The molecule has 96 valence electrons. The number of carboxylic acid groups (broad SMARTS) is 1. The van der Waals surface area contributed by atoms with Crippen LogP contribution in [0, 0.1) is 5.92 Å². The summed E-state index contributed by atoms with van der Waals surface area (Å²) in [6.45, 7) is 0.834. The smallest absolute Gasteiger partial charge is 0.308 e. The summed E-state index contributed by atoms with van der Waals surface area (Å²) in [6.07, 6.45) is 3.80. The zero-order valence-electron chi connectivity index (χ0n) is 9.51. The van der Waals surface area contributed by atoms with Crippen molar-refractivity contribution in [2.24, 2.45) is 5.92 Å². The van der Waals surface area contributed by atoms with Crippen LogP contribution in [0.2, 0.25) is 0 Å². The lowest BCUT2D eigenvalue weighted by Crippen LogP contribution is -2.28. The Morgan fingerprint density at radius 2 is 2.28 bits per heavy atom. The first-order valence-electron chi connectivity index (χ1n) is 5.51. The summed E-state index contributed by atoms with van der Waals surface area (Å²) in [5.41, 5.74) is 0. The minimum absolute atomic E-state index is 0.122. The van der Waals surface area contributed by atoms with Gasteiger partial charge in [0.1, 0.15) is 0 Å². The standard InChI is InChI=1S/C12H12BrNO3S/c13-10-3-1-9(18-10)2-4-11(15)14-6-5-8(7-14)12(16)17/h1-4,8H,5-7H2,(H,16,17)/b4-2+. The Morgan fingerprint density at radius 1 is 1.50 bits per heavy atom. The first-order chi connectivity index (χ1) is 8.56. The number of hydrogen-bond donors (Lipinski definition) is 1. The largest absolute Gasteiger partial charge is 0.481 e. The van der Waals surface area contributed by atoms with Crippen LogP contribution < -0.4 is 0 Å². The summed E-state index contributed by atoms with van der Waals surface area (Å²) in [7, 11) is 0. The normalized spacial score (nSPS) is 19.6. The predicted molar refractivity (Wildman–Crippen MR) is 73.4 cm³/mol. The van der Waals surface area contributed by atoms with E-state index in [9.17, 15) is 9.59 Å². The number of likely N-dealkylation sites (tertiary alicyclic amines) is 1. The van der Waals surface area contributed by atoms with Gasteiger partial charge in [0.25, 0.3) is 0 Å². The van der Waals surface area contributed by atoms with Crippen LogP contribution in [0.3, 0.4) is 0 Å². The zero-order valence-corrected chi connectivity index (χ0v) is 11.9. The third-order valence-electron chi connectivity index (χ3n) is 2.83. The number of halogens is 1. The molecule has 0 bridgehead atoms. The predicted octanol–water partition coefficient (Wildman–Crippen LogP) is 2.46. The second-order valence-electron chi connectivity index (χ2n) is 4.08. The fraction of sp³-hybridized carbons (Fsp3) is 0.333. The molecule has 1 fully saturated rings. The summed E-state index contributed by atoms with van der Waals surface area (Å²) < 4.78 is 1.02. The highest BCUT2D eigenvalue weighted by Gasteiger charge is 2.29. The van der Waals surface area contributed by atoms with E-state index in [4.69, 9.17) is 5.11 Å². The third-order valence-corrected chi connectivity index (χ3v) is 4.42. The molecule has 1 aromatic heterocycles. The van der Waals surface area contributed by atoms with Crippen LogP contribution >= 0.6 is 27.3 Å². The van der Waals surface area contributed by atoms with Gasteiger partial charge in [0.2, 0.25) is 5.91 Å². The molecule has 0 saturated carbocycles. The number of carbonyl (C=O) groups excluding carboxylic acids is 1. The second-order valence-corrected chi connectivity index (χ2v) is 6.58. The Bertz CT molecular complexity index is 497. The van der Waals surface area contributed by atoms with Crippen molar-refractivity contribution in [3.8, 4) is 0 Å². The van der Waals surface area contributed by atoms with E-state index in [1.54, 1.807) is 22.3 Å². The third kappa shape index (κ3) is 3.20. The van der Waals surface area contributed by atoms with E-state index in [0.717, 1.165) is 8.66 Å². The molecular formula is C12H12BrNO3S. The lowest BCUT2D eigenvalue weighted by Gasteiger charge is -2.12. The van der Waals surface area contributed by atoms with Crippen LogP contribution in [0.5, 0.6) is 0 Å². The van der Waals surface area contributed by atoms with Crippen molar-refractivity contribution in [1.29, 1.82) is 0 Å². The number of rotatable bonds is 3. The van der Waals surface area contributed by atoms with Crippen molar-refractivity contribution in [2.45, 2.75) is 6.42 Å². The van der Waals surface area contributed by atoms with E-state index in [2.05, 4.69) is 15.9 Å². The number of aliphatic carboxylic acids is 1. The fourth-order valence-corrected chi connectivity index (χ4v) is 3.17. The molecule has 2 rings (SSSR count). The van der Waals surface area contributed by atoms with E-state index in [-0.39, 0.29) is 5.91 Å². The summed E-state index contributed by atoms with van der Waals surface area (Å²) in [4.78, 5) is 25.2. The van der Waals surface area contributed by atoms with Crippen LogP contribution in [0.15, 0.2) is 22.0 Å².